The average Bonchev–Trinajstić information content (AvgIpc) is 2.79. The zero-order chi connectivity index (χ0) is 10.3. The molecule has 0 unspecified atom stereocenters. The summed E-state index contributed by atoms with van der Waals surface area (Å²) in [6, 6.07) is 12.9. The molecule has 2 heteroatoms. The van der Waals surface area contributed by atoms with E-state index in [1.165, 1.54) is 17.7 Å². The Bertz CT molecular complexity index is 367. The van der Waals surface area contributed by atoms with Gasteiger partial charge in [0.25, 0.3) is 0 Å². The van der Waals surface area contributed by atoms with E-state index in [2.05, 4.69) is 52.5 Å². The van der Waals surface area contributed by atoms with E-state index in [0.29, 0.717) is 0 Å². The van der Waals surface area contributed by atoms with Crippen molar-refractivity contribution in [2.75, 3.05) is 6.54 Å². The van der Waals surface area contributed by atoms with Gasteiger partial charge in [-0.3, -0.25) is 0 Å². The van der Waals surface area contributed by atoms with E-state index >= 15 is 0 Å². The molecule has 1 aromatic heterocycles. The Labute approximate surface area is 94.8 Å². The second kappa shape index (κ2) is 5.69. The fourth-order valence-corrected chi connectivity index (χ4v) is 2.27. The van der Waals surface area contributed by atoms with E-state index < -0.39 is 0 Å². The predicted octanol–water partition coefficient (Wildman–Crippen LogP) is 2.05. The molecule has 0 radical (unpaired) electrons. The van der Waals surface area contributed by atoms with Gasteiger partial charge in [0.2, 0.25) is 0 Å². The lowest BCUT2D eigenvalue weighted by Crippen LogP contribution is -2.83. The number of benzene rings is 1. The molecule has 0 atom stereocenters. The third-order valence-corrected chi connectivity index (χ3v) is 3.17. The van der Waals surface area contributed by atoms with Crippen LogP contribution in [-0.4, -0.2) is 6.54 Å². The number of thiophene rings is 1. The summed E-state index contributed by atoms with van der Waals surface area (Å²) in [6.45, 7) is 2.27. The maximum absolute atomic E-state index is 2.37. The van der Waals surface area contributed by atoms with Gasteiger partial charge in [0.05, 0.1) is 6.54 Å². The quantitative estimate of drug-likeness (QED) is 0.740. The first-order valence-electron chi connectivity index (χ1n) is 5.32. The minimum Gasteiger partial charge on any atom is -0.342 e. The predicted molar refractivity (Wildman–Crippen MR) is 65.0 cm³/mol. The van der Waals surface area contributed by atoms with Gasteiger partial charge in [-0.05, 0) is 22.4 Å². The van der Waals surface area contributed by atoms with Gasteiger partial charge in [-0.2, -0.15) is 11.3 Å². The Morgan fingerprint density at radius 2 is 1.87 bits per heavy atom. The zero-order valence-corrected chi connectivity index (χ0v) is 9.54. The molecule has 0 aliphatic rings. The smallest absolute Gasteiger partial charge is 0.102 e. The lowest BCUT2D eigenvalue weighted by atomic mass is 10.1. The summed E-state index contributed by atoms with van der Waals surface area (Å²) >= 11 is 1.77. The van der Waals surface area contributed by atoms with Gasteiger partial charge in [-0.25, -0.2) is 0 Å². The third-order valence-electron chi connectivity index (χ3n) is 2.44. The van der Waals surface area contributed by atoms with E-state index in [1.54, 1.807) is 11.3 Å². The van der Waals surface area contributed by atoms with Crippen molar-refractivity contribution in [1.29, 1.82) is 0 Å². The van der Waals surface area contributed by atoms with Crippen molar-refractivity contribution < 1.29 is 5.32 Å². The molecular weight excluding hydrogens is 202 g/mol. The van der Waals surface area contributed by atoms with Crippen molar-refractivity contribution in [3.8, 4) is 0 Å². The normalized spacial score (nSPS) is 10.4. The van der Waals surface area contributed by atoms with E-state index in [4.69, 9.17) is 0 Å². The zero-order valence-electron chi connectivity index (χ0n) is 8.73. The molecule has 78 valence electrons. The Kier molecular flexibility index (Phi) is 3.94. The van der Waals surface area contributed by atoms with E-state index in [1.807, 2.05) is 0 Å². The first-order valence-corrected chi connectivity index (χ1v) is 6.26. The topological polar surface area (TPSA) is 16.6 Å². The summed E-state index contributed by atoms with van der Waals surface area (Å²) in [6.07, 6.45) is 1.16. The summed E-state index contributed by atoms with van der Waals surface area (Å²) < 4.78 is 0. The Morgan fingerprint density at radius 1 is 1.00 bits per heavy atom. The molecule has 1 nitrogen and oxygen atoms in total. The number of nitrogens with two attached hydrogens (primary N) is 1. The molecule has 0 fully saturated rings. The van der Waals surface area contributed by atoms with Crippen LogP contribution in [0.1, 0.15) is 11.1 Å². The van der Waals surface area contributed by atoms with Crippen LogP contribution in [0.3, 0.4) is 0 Å². The number of rotatable bonds is 5. The fraction of sp³-hybridized carbons (Fsp3) is 0.231. The van der Waals surface area contributed by atoms with Gasteiger partial charge >= 0.3 is 0 Å². The van der Waals surface area contributed by atoms with Crippen LogP contribution < -0.4 is 5.32 Å². The van der Waals surface area contributed by atoms with Crippen LogP contribution in [0.2, 0.25) is 0 Å². The monoisotopic (exact) mass is 218 g/mol. The SMILES string of the molecule is c1ccc(CC[NH2+]Cc2ccsc2)cc1. The van der Waals surface area contributed by atoms with Crippen molar-refractivity contribution in [2.45, 2.75) is 13.0 Å². The maximum Gasteiger partial charge on any atom is 0.102 e. The van der Waals surface area contributed by atoms with Gasteiger partial charge in [-0.1, -0.05) is 30.3 Å². The largest absolute Gasteiger partial charge is 0.342 e. The van der Waals surface area contributed by atoms with Gasteiger partial charge in [0, 0.05) is 12.0 Å². The molecule has 2 rings (SSSR count). The molecule has 0 saturated heterocycles. The average molecular weight is 218 g/mol. The molecule has 2 aromatic rings. The first kappa shape index (κ1) is 10.4. The molecular formula is C13H16NS+. The van der Waals surface area contributed by atoms with Crippen LogP contribution in [0.15, 0.2) is 47.2 Å². The van der Waals surface area contributed by atoms with E-state index in [0.717, 1.165) is 13.0 Å². The molecule has 0 aliphatic carbocycles. The second-order valence-electron chi connectivity index (χ2n) is 3.65. The molecule has 1 heterocycles. The summed E-state index contributed by atoms with van der Waals surface area (Å²) in [5.74, 6) is 0. The highest BCUT2D eigenvalue weighted by Crippen LogP contribution is 2.03. The highest BCUT2D eigenvalue weighted by molar-refractivity contribution is 7.07. The standard InChI is InChI=1S/C13H15NS/c1-2-4-12(5-3-1)6-8-14-10-13-7-9-15-11-13/h1-5,7,9,11,14H,6,8,10H2/p+1. The molecule has 15 heavy (non-hydrogen) atoms. The van der Waals surface area contributed by atoms with Gasteiger partial charge in [-0.15, -0.1) is 0 Å². The van der Waals surface area contributed by atoms with Gasteiger partial charge in [0.1, 0.15) is 6.54 Å². The summed E-state index contributed by atoms with van der Waals surface area (Å²) in [7, 11) is 0. The fourth-order valence-electron chi connectivity index (χ4n) is 1.59. The number of hydrogen-bond acceptors (Lipinski definition) is 1. The van der Waals surface area contributed by atoms with Crippen LogP contribution in [-0.2, 0) is 13.0 Å². The lowest BCUT2D eigenvalue weighted by Gasteiger charge is -2.00. The molecule has 0 aliphatic heterocycles. The minimum absolute atomic E-state index is 1.11. The molecule has 1 aromatic carbocycles. The second-order valence-corrected chi connectivity index (χ2v) is 4.43. The minimum atomic E-state index is 1.11. The van der Waals surface area contributed by atoms with E-state index in [-0.39, 0.29) is 0 Å². The number of quaternary nitrogens is 1. The number of hydrogen-bond donors (Lipinski definition) is 1. The Morgan fingerprint density at radius 3 is 2.60 bits per heavy atom. The molecule has 0 saturated carbocycles. The van der Waals surface area contributed by atoms with Crippen LogP contribution >= 0.6 is 11.3 Å². The molecule has 0 bridgehead atoms. The van der Waals surface area contributed by atoms with Crippen molar-refractivity contribution in [1.82, 2.24) is 0 Å². The van der Waals surface area contributed by atoms with Gasteiger partial charge in [0.15, 0.2) is 0 Å². The first-order chi connectivity index (χ1) is 7.45. The highest BCUT2D eigenvalue weighted by atomic mass is 32.1. The maximum atomic E-state index is 2.37. The summed E-state index contributed by atoms with van der Waals surface area (Å²) in [5.41, 5.74) is 2.87. The van der Waals surface area contributed by atoms with Crippen LogP contribution in [0.5, 0.6) is 0 Å². The lowest BCUT2D eigenvalue weighted by molar-refractivity contribution is -0.670. The molecule has 2 N–H and O–H groups in total. The van der Waals surface area contributed by atoms with Crippen LogP contribution in [0, 0.1) is 0 Å². The van der Waals surface area contributed by atoms with Crippen molar-refractivity contribution in [2.24, 2.45) is 0 Å². The van der Waals surface area contributed by atoms with E-state index in [9.17, 15) is 0 Å². The van der Waals surface area contributed by atoms with Crippen LogP contribution in [0.25, 0.3) is 0 Å². The Balaban J connectivity index is 1.68. The summed E-state index contributed by atoms with van der Waals surface area (Å²) in [4.78, 5) is 0. The van der Waals surface area contributed by atoms with Crippen LogP contribution in [0.4, 0.5) is 0 Å². The van der Waals surface area contributed by atoms with Crippen molar-refractivity contribution >= 4 is 11.3 Å². The Hall–Kier alpha value is -1.12. The van der Waals surface area contributed by atoms with Crippen molar-refractivity contribution in [3.63, 3.8) is 0 Å². The third kappa shape index (κ3) is 3.50. The van der Waals surface area contributed by atoms with Crippen molar-refractivity contribution in [3.05, 3.63) is 58.3 Å². The molecule has 0 amide bonds. The molecule has 0 spiro atoms. The van der Waals surface area contributed by atoms with Gasteiger partial charge < -0.3 is 5.32 Å². The highest BCUT2D eigenvalue weighted by Gasteiger charge is 1.96. The summed E-state index contributed by atoms with van der Waals surface area (Å²) in [5, 5.41) is 6.73.